The number of fused-ring (bicyclic) bond motifs is 3. The highest BCUT2D eigenvalue weighted by Gasteiger charge is 2.11. The Morgan fingerprint density at radius 1 is 1.47 bits per heavy atom. The Kier molecular flexibility index (Phi) is 1.82. The summed E-state index contributed by atoms with van der Waals surface area (Å²) in [6, 6.07) is 5.77. The molecule has 0 amide bonds. The van der Waals surface area contributed by atoms with E-state index in [9.17, 15) is 0 Å². The van der Waals surface area contributed by atoms with Gasteiger partial charge in [-0.1, -0.05) is 0 Å². The molecule has 3 heterocycles. The molecule has 0 saturated carbocycles. The van der Waals surface area contributed by atoms with Crippen molar-refractivity contribution in [2.24, 2.45) is 0 Å². The molecular weight excluding hydrogens is 188 g/mol. The second kappa shape index (κ2) is 3.17. The molecule has 0 aromatic carbocycles. The van der Waals surface area contributed by atoms with Crippen LogP contribution in [0.25, 0.3) is 11.0 Å². The van der Waals surface area contributed by atoms with Crippen LogP contribution in [0.3, 0.4) is 0 Å². The van der Waals surface area contributed by atoms with Gasteiger partial charge in [-0.15, -0.1) is 0 Å². The van der Waals surface area contributed by atoms with Crippen molar-refractivity contribution >= 4 is 11.0 Å². The van der Waals surface area contributed by atoms with Gasteiger partial charge in [0.15, 0.2) is 0 Å². The summed E-state index contributed by atoms with van der Waals surface area (Å²) in [5, 5.41) is 12.7. The molecule has 4 nitrogen and oxygen atoms in total. The van der Waals surface area contributed by atoms with E-state index in [1.54, 1.807) is 6.20 Å². The number of hydrogen-bond donors (Lipinski definition) is 2. The topological polar surface area (TPSA) is 53.7 Å². The molecule has 1 aliphatic rings. The Morgan fingerprint density at radius 3 is 3.33 bits per heavy atom. The standard InChI is InChI=1S/C11H12N4/c12-10-6-8-7-13-4-5-15(8)11-9(10)2-1-3-14-11/h1-3,6,12-13H,4-5,7H2. The van der Waals surface area contributed by atoms with Gasteiger partial charge in [-0.3, -0.25) is 0 Å². The zero-order valence-electron chi connectivity index (χ0n) is 8.33. The van der Waals surface area contributed by atoms with Crippen LogP contribution in [0, 0.1) is 5.41 Å². The van der Waals surface area contributed by atoms with Gasteiger partial charge >= 0.3 is 0 Å². The van der Waals surface area contributed by atoms with E-state index in [-0.39, 0.29) is 0 Å². The van der Waals surface area contributed by atoms with Gasteiger partial charge in [0.05, 0.1) is 5.36 Å². The van der Waals surface area contributed by atoms with Crippen LogP contribution in [0.4, 0.5) is 0 Å². The van der Waals surface area contributed by atoms with Crippen molar-refractivity contribution in [2.45, 2.75) is 13.1 Å². The molecule has 0 spiro atoms. The fraction of sp³-hybridized carbons (Fsp3) is 0.273. The zero-order valence-corrected chi connectivity index (χ0v) is 8.33. The van der Waals surface area contributed by atoms with E-state index >= 15 is 0 Å². The fourth-order valence-corrected chi connectivity index (χ4v) is 2.08. The maximum absolute atomic E-state index is 7.92. The van der Waals surface area contributed by atoms with E-state index in [0.29, 0.717) is 5.36 Å². The van der Waals surface area contributed by atoms with Crippen LogP contribution >= 0.6 is 0 Å². The van der Waals surface area contributed by atoms with Crippen molar-refractivity contribution in [3.63, 3.8) is 0 Å². The van der Waals surface area contributed by atoms with Gasteiger partial charge in [0.25, 0.3) is 0 Å². The molecule has 0 bridgehead atoms. The van der Waals surface area contributed by atoms with Gasteiger partial charge in [0.2, 0.25) is 0 Å². The van der Waals surface area contributed by atoms with Crippen molar-refractivity contribution in [2.75, 3.05) is 6.54 Å². The third kappa shape index (κ3) is 1.26. The third-order valence-electron chi connectivity index (χ3n) is 2.81. The molecule has 0 aliphatic carbocycles. The average Bonchev–Trinajstić information content (AvgIpc) is 2.30. The monoisotopic (exact) mass is 200 g/mol. The fourth-order valence-electron chi connectivity index (χ4n) is 2.08. The van der Waals surface area contributed by atoms with Gasteiger partial charge in [-0.2, -0.15) is 0 Å². The van der Waals surface area contributed by atoms with Crippen LogP contribution < -0.4 is 10.7 Å². The van der Waals surface area contributed by atoms with Crippen LogP contribution in [-0.2, 0) is 13.1 Å². The minimum Gasteiger partial charge on any atom is -0.327 e. The van der Waals surface area contributed by atoms with Crippen LogP contribution in [0.5, 0.6) is 0 Å². The number of rotatable bonds is 0. The van der Waals surface area contributed by atoms with E-state index in [2.05, 4.69) is 14.9 Å². The quantitative estimate of drug-likeness (QED) is 0.655. The summed E-state index contributed by atoms with van der Waals surface area (Å²) in [4.78, 5) is 4.37. The predicted octanol–water partition coefficient (Wildman–Crippen LogP) is 0.619. The molecule has 15 heavy (non-hydrogen) atoms. The summed E-state index contributed by atoms with van der Waals surface area (Å²) in [5.41, 5.74) is 2.08. The van der Waals surface area contributed by atoms with E-state index in [0.717, 1.165) is 36.4 Å². The van der Waals surface area contributed by atoms with Crippen LogP contribution in [0.1, 0.15) is 5.69 Å². The Bertz CT molecular complexity index is 570. The van der Waals surface area contributed by atoms with Crippen molar-refractivity contribution in [1.82, 2.24) is 14.9 Å². The molecule has 0 atom stereocenters. The Labute approximate surface area is 87.1 Å². The third-order valence-corrected chi connectivity index (χ3v) is 2.81. The summed E-state index contributed by atoms with van der Waals surface area (Å²) >= 11 is 0. The molecule has 2 aromatic heterocycles. The van der Waals surface area contributed by atoms with E-state index in [4.69, 9.17) is 5.41 Å². The van der Waals surface area contributed by atoms with Gasteiger partial charge < -0.3 is 15.3 Å². The molecule has 2 aromatic rings. The van der Waals surface area contributed by atoms with Gasteiger partial charge in [0, 0.05) is 36.9 Å². The summed E-state index contributed by atoms with van der Waals surface area (Å²) in [6.45, 7) is 2.74. The molecule has 1 aliphatic heterocycles. The van der Waals surface area contributed by atoms with Gasteiger partial charge in [-0.05, 0) is 18.2 Å². The number of pyridine rings is 2. The largest absolute Gasteiger partial charge is 0.327 e. The lowest BCUT2D eigenvalue weighted by Gasteiger charge is -2.21. The maximum Gasteiger partial charge on any atom is 0.142 e. The first kappa shape index (κ1) is 8.61. The van der Waals surface area contributed by atoms with Gasteiger partial charge in [-0.25, -0.2) is 4.98 Å². The molecule has 0 saturated heterocycles. The minimum absolute atomic E-state index is 0.563. The summed E-state index contributed by atoms with van der Waals surface area (Å²) in [5.74, 6) is 0. The van der Waals surface area contributed by atoms with Crippen LogP contribution in [-0.4, -0.2) is 16.1 Å². The Balaban J connectivity index is 2.45. The molecule has 4 heteroatoms. The summed E-state index contributed by atoms with van der Waals surface area (Å²) < 4.78 is 2.20. The van der Waals surface area contributed by atoms with Gasteiger partial charge in [0.1, 0.15) is 5.65 Å². The van der Waals surface area contributed by atoms with Crippen molar-refractivity contribution in [3.8, 4) is 0 Å². The number of hydrogen-bond acceptors (Lipinski definition) is 3. The Morgan fingerprint density at radius 2 is 2.40 bits per heavy atom. The number of aromatic nitrogens is 2. The lowest BCUT2D eigenvalue weighted by Crippen LogP contribution is -2.31. The minimum atomic E-state index is 0.563. The first-order valence-corrected chi connectivity index (χ1v) is 5.09. The molecule has 2 N–H and O–H groups in total. The first-order chi connectivity index (χ1) is 7.36. The van der Waals surface area contributed by atoms with Crippen LogP contribution in [0.2, 0.25) is 0 Å². The lowest BCUT2D eigenvalue weighted by molar-refractivity contribution is 0.518. The molecular formula is C11H12N4. The summed E-state index contributed by atoms with van der Waals surface area (Å²) in [7, 11) is 0. The molecule has 0 unspecified atom stereocenters. The zero-order chi connectivity index (χ0) is 10.3. The highest BCUT2D eigenvalue weighted by atomic mass is 15.1. The first-order valence-electron chi connectivity index (χ1n) is 5.09. The highest BCUT2D eigenvalue weighted by molar-refractivity contribution is 5.74. The van der Waals surface area contributed by atoms with E-state index in [1.807, 2.05) is 18.2 Å². The number of nitrogens with one attached hydrogen (secondary N) is 2. The second-order valence-electron chi connectivity index (χ2n) is 3.75. The lowest BCUT2D eigenvalue weighted by atomic mass is 10.2. The second-order valence-corrected chi connectivity index (χ2v) is 3.75. The Hall–Kier alpha value is -1.68. The number of nitrogens with zero attached hydrogens (tertiary/aromatic N) is 2. The van der Waals surface area contributed by atoms with Crippen molar-refractivity contribution in [1.29, 1.82) is 5.41 Å². The molecule has 3 rings (SSSR count). The molecule has 76 valence electrons. The van der Waals surface area contributed by atoms with E-state index in [1.165, 1.54) is 0 Å². The van der Waals surface area contributed by atoms with Crippen molar-refractivity contribution in [3.05, 3.63) is 35.4 Å². The highest BCUT2D eigenvalue weighted by Crippen LogP contribution is 2.11. The SMILES string of the molecule is N=c1cc2n(c3ncccc13)CCNC2. The maximum atomic E-state index is 7.92. The average molecular weight is 200 g/mol. The summed E-state index contributed by atoms with van der Waals surface area (Å²) in [6.07, 6.45) is 1.79. The van der Waals surface area contributed by atoms with E-state index < -0.39 is 0 Å². The molecule has 0 fully saturated rings. The van der Waals surface area contributed by atoms with Crippen molar-refractivity contribution < 1.29 is 0 Å². The van der Waals surface area contributed by atoms with Crippen LogP contribution in [0.15, 0.2) is 24.4 Å². The smallest absolute Gasteiger partial charge is 0.142 e. The molecule has 0 radical (unpaired) electrons. The predicted molar refractivity (Wildman–Crippen MR) is 57.3 cm³/mol. The normalized spacial score (nSPS) is 15.2.